The van der Waals surface area contributed by atoms with Crippen LogP contribution in [-0.2, 0) is 11.3 Å². The standard InChI is InChI=1S/C16H22F2N2O/c1-21-10-11-4-5-20(9-11)16-14(17)6-12(7-15(16)18)8-19-13-2-3-13/h6-7,11,13,19H,2-5,8-10H2,1H3. The van der Waals surface area contributed by atoms with Crippen LogP contribution < -0.4 is 10.2 Å². The van der Waals surface area contributed by atoms with E-state index in [2.05, 4.69) is 5.32 Å². The SMILES string of the molecule is COCC1CCN(c2c(F)cc(CNC3CC3)cc2F)C1. The third-order valence-electron chi connectivity index (χ3n) is 4.25. The Bertz CT molecular complexity index is 482. The number of ether oxygens (including phenoxy) is 1. The Hall–Kier alpha value is -1.20. The monoisotopic (exact) mass is 296 g/mol. The van der Waals surface area contributed by atoms with E-state index in [1.807, 2.05) is 0 Å². The number of hydrogen-bond acceptors (Lipinski definition) is 3. The summed E-state index contributed by atoms with van der Waals surface area (Å²) in [6, 6.07) is 3.44. The van der Waals surface area contributed by atoms with Crippen LogP contribution in [0.3, 0.4) is 0 Å². The molecule has 2 fully saturated rings. The molecule has 1 aromatic rings. The summed E-state index contributed by atoms with van der Waals surface area (Å²) >= 11 is 0. The average Bonchev–Trinajstić information content (AvgIpc) is 3.16. The summed E-state index contributed by atoms with van der Waals surface area (Å²) in [4.78, 5) is 1.80. The van der Waals surface area contributed by atoms with Crippen LogP contribution in [0.2, 0.25) is 0 Å². The van der Waals surface area contributed by atoms with Crippen LogP contribution in [0.5, 0.6) is 0 Å². The summed E-state index contributed by atoms with van der Waals surface area (Å²) in [6.45, 7) is 2.51. The van der Waals surface area contributed by atoms with E-state index >= 15 is 0 Å². The first-order valence-corrected chi connectivity index (χ1v) is 7.62. The number of methoxy groups -OCH3 is 1. The molecule has 0 aromatic heterocycles. The molecule has 1 heterocycles. The van der Waals surface area contributed by atoms with E-state index < -0.39 is 11.6 Å². The van der Waals surface area contributed by atoms with Crippen molar-refractivity contribution < 1.29 is 13.5 Å². The van der Waals surface area contributed by atoms with Crippen LogP contribution in [-0.4, -0.2) is 32.8 Å². The maximum atomic E-state index is 14.3. The van der Waals surface area contributed by atoms with Gasteiger partial charge in [-0.1, -0.05) is 0 Å². The summed E-state index contributed by atoms with van der Waals surface area (Å²) < 4.78 is 33.7. The van der Waals surface area contributed by atoms with Gasteiger partial charge in [0.2, 0.25) is 0 Å². The molecule has 3 nitrogen and oxygen atoms in total. The van der Waals surface area contributed by atoms with Gasteiger partial charge < -0.3 is 15.0 Å². The van der Waals surface area contributed by atoms with Crippen molar-refractivity contribution in [1.29, 1.82) is 0 Å². The first kappa shape index (κ1) is 14.7. The maximum Gasteiger partial charge on any atom is 0.149 e. The highest BCUT2D eigenvalue weighted by molar-refractivity contribution is 5.51. The van der Waals surface area contributed by atoms with Crippen LogP contribution >= 0.6 is 0 Å². The molecule has 0 bridgehead atoms. The Labute approximate surface area is 124 Å². The molecule has 0 spiro atoms. The lowest BCUT2D eigenvalue weighted by Crippen LogP contribution is -2.24. The van der Waals surface area contributed by atoms with Crippen LogP contribution in [0.1, 0.15) is 24.8 Å². The van der Waals surface area contributed by atoms with Gasteiger partial charge in [-0.05, 0) is 37.0 Å². The predicted molar refractivity (Wildman–Crippen MR) is 78.4 cm³/mol. The van der Waals surface area contributed by atoms with E-state index in [0.29, 0.717) is 43.8 Å². The lowest BCUT2D eigenvalue weighted by atomic mass is 10.1. The summed E-state index contributed by atoms with van der Waals surface area (Å²) in [6.07, 6.45) is 3.24. The second-order valence-corrected chi connectivity index (χ2v) is 6.12. The molecule has 3 rings (SSSR count). The smallest absolute Gasteiger partial charge is 0.149 e. The molecule has 1 atom stereocenters. The summed E-state index contributed by atoms with van der Waals surface area (Å²) in [5.74, 6) is -0.564. The minimum Gasteiger partial charge on any atom is -0.384 e. The zero-order chi connectivity index (χ0) is 14.8. The van der Waals surface area contributed by atoms with Crippen molar-refractivity contribution in [2.24, 2.45) is 5.92 Å². The number of hydrogen-bond donors (Lipinski definition) is 1. The highest BCUT2D eigenvalue weighted by Crippen LogP contribution is 2.30. The Morgan fingerprint density at radius 3 is 2.57 bits per heavy atom. The number of anilines is 1. The van der Waals surface area contributed by atoms with Crippen LogP contribution in [0, 0.1) is 17.6 Å². The molecule has 21 heavy (non-hydrogen) atoms. The molecule has 0 radical (unpaired) electrons. The molecular formula is C16H22F2N2O. The molecule has 5 heteroatoms. The fraction of sp³-hybridized carbons (Fsp3) is 0.625. The van der Waals surface area contributed by atoms with Crippen LogP contribution in [0.15, 0.2) is 12.1 Å². The Balaban J connectivity index is 1.70. The van der Waals surface area contributed by atoms with Gasteiger partial charge in [-0.3, -0.25) is 0 Å². The van der Waals surface area contributed by atoms with Crippen molar-refractivity contribution in [2.75, 3.05) is 31.7 Å². The van der Waals surface area contributed by atoms with E-state index in [0.717, 1.165) is 19.3 Å². The van der Waals surface area contributed by atoms with Crippen molar-refractivity contribution in [3.63, 3.8) is 0 Å². The molecule has 1 N–H and O–H groups in total. The van der Waals surface area contributed by atoms with Crippen LogP contribution in [0.4, 0.5) is 14.5 Å². The maximum absolute atomic E-state index is 14.3. The van der Waals surface area contributed by atoms with Gasteiger partial charge in [-0.25, -0.2) is 8.78 Å². The average molecular weight is 296 g/mol. The van der Waals surface area contributed by atoms with E-state index in [9.17, 15) is 8.78 Å². The first-order chi connectivity index (χ1) is 10.2. The van der Waals surface area contributed by atoms with Gasteiger partial charge in [0.25, 0.3) is 0 Å². The molecule has 1 saturated carbocycles. The van der Waals surface area contributed by atoms with Crippen molar-refractivity contribution in [3.05, 3.63) is 29.3 Å². The van der Waals surface area contributed by atoms with Crippen molar-refractivity contribution >= 4 is 5.69 Å². The fourth-order valence-corrected chi connectivity index (χ4v) is 2.98. The second-order valence-electron chi connectivity index (χ2n) is 6.12. The van der Waals surface area contributed by atoms with Crippen LogP contribution in [0.25, 0.3) is 0 Å². The Kier molecular flexibility index (Phi) is 4.40. The van der Waals surface area contributed by atoms with Gasteiger partial charge in [0, 0.05) is 38.7 Å². The number of rotatable bonds is 6. The third-order valence-corrected chi connectivity index (χ3v) is 4.25. The largest absolute Gasteiger partial charge is 0.384 e. The van der Waals surface area contributed by atoms with Gasteiger partial charge in [0.15, 0.2) is 0 Å². The van der Waals surface area contributed by atoms with Crippen molar-refractivity contribution in [1.82, 2.24) is 5.32 Å². The third kappa shape index (κ3) is 3.52. The minimum atomic E-state index is -0.458. The number of nitrogens with one attached hydrogen (secondary N) is 1. The normalized spacial score (nSPS) is 22.0. The van der Waals surface area contributed by atoms with E-state index in [1.54, 1.807) is 12.0 Å². The summed E-state index contributed by atoms with van der Waals surface area (Å²) in [7, 11) is 1.66. The highest BCUT2D eigenvalue weighted by Gasteiger charge is 2.27. The topological polar surface area (TPSA) is 24.5 Å². The van der Waals surface area contributed by atoms with Crippen molar-refractivity contribution in [2.45, 2.75) is 31.8 Å². The zero-order valence-electron chi connectivity index (χ0n) is 12.4. The van der Waals surface area contributed by atoms with Gasteiger partial charge in [-0.15, -0.1) is 0 Å². The van der Waals surface area contributed by atoms with E-state index in [4.69, 9.17) is 4.74 Å². The lowest BCUT2D eigenvalue weighted by Gasteiger charge is -2.21. The van der Waals surface area contributed by atoms with E-state index in [-0.39, 0.29) is 5.69 Å². The van der Waals surface area contributed by atoms with Crippen molar-refractivity contribution in [3.8, 4) is 0 Å². The Morgan fingerprint density at radius 2 is 1.95 bits per heavy atom. The molecule has 1 saturated heterocycles. The summed E-state index contributed by atoms with van der Waals surface area (Å²) in [5, 5.41) is 3.28. The van der Waals surface area contributed by atoms with Gasteiger partial charge in [0.05, 0.1) is 6.61 Å². The predicted octanol–water partition coefficient (Wildman–Crippen LogP) is 2.69. The molecule has 1 aliphatic heterocycles. The van der Waals surface area contributed by atoms with Gasteiger partial charge in [-0.2, -0.15) is 0 Å². The zero-order valence-corrected chi connectivity index (χ0v) is 12.4. The quantitative estimate of drug-likeness (QED) is 0.873. The van der Waals surface area contributed by atoms with Gasteiger partial charge >= 0.3 is 0 Å². The molecule has 1 unspecified atom stereocenters. The molecule has 1 aromatic carbocycles. The Morgan fingerprint density at radius 1 is 1.24 bits per heavy atom. The van der Waals surface area contributed by atoms with Gasteiger partial charge in [0.1, 0.15) is 17.3 Å². The molecule has 116 valence electrons. The molecule has 2 aliphatic rings. The molecular weight excluding hydrogens is 274 g/mol. The number of nitrogens with zero attached hydrogens (tertiary/aromatic N) is 1. The number of halogens is 2. The second kappa shape index (κ2) is 6.28. The first-order valence-electron chi connectivity index (χ1n) is 7.62. The number of benzene rings is 1. The minimum absolute atomic E-state index is 0.115. The lowest BCUT2D eigenvalue weighted by molar-refractivity contribution is 0.161. The molecule has 1 aliphatic carbocycles. The molecule has 0 amide bonds. The highest BCUT2D eigenvalue weighted by atomic mass is 19.1. The summed E-state index contributed by atoms with van der Waals surface area (Å²) in [5.41, 5.74) is 0.789. The van der Waals surface area contributed by atoms with E-state index in [1.165, 1.54) is 12.1 Å². The fourth-order valence-electron chi connectivity index (χ4n) is 2.98.